The van der Waals surface area contributed by atoms with Crippen LogP contribution in [0.3, 0.4) is 0 Å². The molecule has 2 bridgehead atoms. The number of nitrogens with zero attached hydrogens (tertiary/aromatic N) is 1. The van der Waals surface area contributed by atoms with Crippen LogP contribution < -0.4 is 10.4 Å². The van der Waals surface area contributed by atoms with Gasteiger partial charge in [0.2, 0.25) is 5.91 Å². The van der Waals surface area contributed by atoms with Crippen LogP contribution in [0.5, 0.6) is 0 Å². The monoisotopic (exact) mass is 369 g/mol. The van der Waals surface area contributed by atoms with Crippen molar-refractivity contribution in [3.8, 4) is 11.3 Å². The number of fused-ring (bicyclic) bond motifs is 2. The van der Waals surface area contributed by atoms with Crippen molar-refractivity contribution in [2.45, 2.75) is 32.6 Å². The summed E-state index contributed by atoms with van der Waals surface area (Å²) in [5.74, 6) is -2.22. The number of benzene rings is 1. The van der Waals surface area contributed by atoms with Crippen molar-refractivity contribution in [3.63, 3.8) is 0 Å². The summed E-state index contributed by atoms with van der Waals surface area (Å²) >= 11 is 1.37. The Bertz CT molecular complexity index is 830. The predicted octanol–water partition coefficient (Wildman–Crippen LogP) is 2.72. The highest BCUT2D eigenvalue weighted by molar-refractivity contribution is 7.14. The molecule has 1 aromatic heterocycles. The van der Waals surface area contributed by atoms with Gasteiger partial charge in [0.05, 0.1) is 5.69 Å². The average Bonchev–Trinajstić information content (AvgIpc) is 3.37. The molecule has 2 fully saturated rings. The van der Waals surface area contributed by atoms with E-state index in [0.717, 1.165) is 36.9 Å². The second-order valence-electron chi connectivity index (χ2n) is 7.28. The first kappa shape index (κ1) is 17.2. The summed E-state index contributed by atoms with van der Waals surface area (Å²) in [5, 5.41) is 16.8. The molecule has 26 heavy (non-hydrogen) atoms. The highest BCUT2D eigenvalue weighted by Crippen LogP contribution is 2.52. The summed E-state index contributed by atoms with van der Waals surface area (Å²) in [6, 6.07) is 8.21. The molecule has 5 nitrogen and oxygen atoms in total. The number of nitrogens with one attached hydrogen (secondary N) is 1. The van der Waals surface area contributed by atoms with E-state index in [0.29, 0.717) is 5.13 Å². The fraction of sp³-hybridized carbons (Fsp3) is 0.450. The molecule has 0 unspecified atom stereocenters. The third-order valence-electron chi connectivity index (χ3n) is 5.88. The second kappa shape index (κ2) is 6.83. The number of carbonyl (C=O) groups excluding carboxylic acids is 2. The van der Waals surface area contributed by atoms with Gasteiger partial charge in [-0.05, 0) is 43.1 Å². The van der Waals surface area contributed by atoms with Crippen LogP contribution in [0, 0.1) is 23.7 Å². The molecule has 136 valence electrons. The molecule has 6 heteroatoms. The smallest absolute Gasteiger partial charge is 0.230 e. The zero-order valence-electron chi connectivity index (χ0n) is 14.6. The van der Waals surface area contributed by atoms with Gasteiger partial charge in [-0.3, -0.25) is 4.79 Å². The molecule has 2 aliphatic rings. The van der Waals surface area contributed by atoms with Gasteiger partial charge in [-0.1, -0.05) is 31.2 Å². The van der Waals surface area contributed by atoms with E-state index < -0.39 is 17.8 Å². The molecule has 0 radical (unpaired) electrons. The van der Waals surface area contributed by atoms with Gasteiger partial charge in [-0.2, -0.15) is 0 Å². The number of amides is 1. The molecule has 4 rings (SSSR count). The molecule has 2 aliphatic carbocycles. The molecular formula is C20H21N2O3S-. The van der Waals surface area contributed by atoms with Crippen LogP contribution in [0.4, 0.5) is 5.13 Å². The summed E-state index contributed by atoms with van der Waals surface area (Å²) in [4.78, 5) is 28.7. The number of aryl methyl sites for hydroxylation is 1. The lowest BCUT2D eigenvalue weighted by molar-refractivity contribution is -0.314. The van der Waals surface area contributed by atoms with Gasteiger partial charge >= 0.3 is 0 Å². The van der Waals surface area contributed by atoms with Crippen molar-refractivity contribution in [3.05, 3.63) is 35.2 Å². The van der Waals surface area contributed by atoms with Crippen molar-refractivity contribution in [1.29, 1.82) is 0 Å². The third-order valence-corrected chi connectivity index (χ3v) is 6.64. The Hall–Kier alpha value is -2.21. The molecule has 0 saturated heterocycles. The van der Waals surface area contributed by atoms with E-state index in [2.05, 4.69) is 29.4 Å². The molecule has 1 amide bonds. The number of hydrogen-bond donors (Lipinski definition) is 1. The standard InChI is InChI=1S/C20H22N2O3S/c1-2-11-3-5-12(6-4-11)15-10-26-20(21-15)22-18(23)16-13-7-8-14(9-13)17(16)19(24)25/h3-6,10,13-14,16-17H,2,7-9H2,1H3,(H,24,25)(H,21,22,23)/p-1/t13-,14-,16-,17-/m0/s1. The summed E-state index contributed by atoms with van der Waals surface area (Å²) in [5.41, 5.74) is 3.09. The Kier molecular flexibility index (Phi) is 4.53. The van der Waals surface area contributed by atoms with Crippen molar-refractivity contribution >= 4 is 28.3 Å². The van der Waals surface area contributed by atoms with Gasteiger partial charge in [0.1, 0.15) is 0 Å². The normalized spacial score (nSPS) is 26.8. The summed E-state index contributed by atoms with van der Waals surface area (Å²) in [6.45, 7) is 2.11. The first-order chi connectivity index (χ1) is 12.6. The van der Waals surface area contributed by atoms with Gasteiger partial charge in [0.25, 0.3) is 0 Å². The van der Waals surface area contributed by atoms with Crippen LogP contribution in [-0.4, -0.2) is 16.9 Å². The Balaban J connectivity index is 1.48. The van der Waals surface area contributed by atoms with Gasteiger partial charge in [-0.25, -0.2) is 4.98 Å². The zero-order chi connectivity index (χ0) is 18.3. The first-order valence-electron chi connectivity index (χ1n) is 9.13. The minimum atomic E-state index is -1.09. The number of carbonyl (C=O) groups is 2. The van der Waals surface area contributed by atoms with Gasteiger partial charge < -0.3 is 15.2 Å². The molecule has 2 saturated carbocycles. The van der Waals surface area contributed by atoms with Crippen LogP contribution in [0.1, 0.15) is 31.7 Å². The van der Waals surface area contributed by atoms with E-state index in [1.807, 2.05) is 17.5 Å². The van der Waals surface area contributed by atoms with Gasteiger partial charge in [0.15, 0.2) is 5.13 Å². The van der Waals surface area contributed by atoms with Gasteiger partial charge in [-0.15, -0.1) is 11.3 Å². The van der Waals surface area contributed by atoms with E-state index in [-0.39, 0.29) is 17.7 Å². The Labute approximate surface area is 156 Å². The van der Waals surface area contributed by atoms with Gasteiger partial charge in [0, 0.05) is 28.7 Å². The third kappa shape index (κ3) is 3.03. The fourth-order valence-electron chi connectivity index (χ4n) is 4.57. The first-order valence-corrected chi connectivity index (χ1v) is 10.0. The minimum Gasteiger partial charge on any atom is -0.550 e. The molecule has 1 N–H and O–H groups in total. The van der Waals surface area contributed by atoms with E-state index in [9.17, 15) is 14.7 Å². The van der Waals surface area contributed by atoms with E-state index in [1.165, 1.54) is 16.9 Å². The topological polar surface area (TPSA) is 82.1 Å². The van der Waals surface area contributed by atoms with E-state index in [4.69, 9.17) is 0 Å². The summed E-state index contributed by atoms with van der Waals surface area (Å²) in [7, 11) is 0. The van der Waals surface area contributed by atoms with Crippen LogP contribution >= 0.6 is 11.3 Å². The number of thiazole rings is 1. The van der Waals surface area contributed by atoms with Crippen molar-refractivity contribution in [2.75, 3.05) is 5.32 Å². The van der Waals surface area contributed by atoms with Crippen molar-refractivity contribution in [1.82, 2.24) is 4.98 Å². The molecule has 0 aliphatic heterocycles. The number of carboxylic acid groups (broad SMARTS) is 1. The molecule has 0 spiro atoms. The van der Waals surface area contributed by atoms with E-state index in [1.54, 1.807) is 0 Å². The SMILES string of the molecule is CCc1ccc(-c2csc(NC(=O)[C@H]3[C@H]4CC[C@@H](C4)[C@@H]3C(=O)[O-])n2)cc1. The quantitative estimate of drug-likeness (QED) is 0.878. The molecule has 1 heterocycles. The maximum absolute atomic E-state index is 12.7. The highest BCUT2D eigenvalue weighted by atomic mass is 32.1. The van der Waals surface area contributed by atoms with Crippen LogP contribution in [0.25, 0.3) is 11.3 Å². The van der Waals surface area contributed by atoms with Crippen LogP contribution in [-0.2, 0) is 16.0 Å². The van der Waals surface area contributed by atoms with Crippen molar-refractivity contribution in [2.24, 2.45) is 23.7 Å². The summed E-state index contributed by atoms with van der Waals surface area (Å²) in [6.07, 6.45) is 3.63. The number of carboxylic acids is 1. The molecular weight excluding hydrogens is 348 g/mol. The minimum absolute atomic E-state index is 0.0877. The van der Waals surface area contributed by atoms with Crippen molar-refractivity contribution < 1.29 is 14.7 Å². The number of hydrogen-bond acceptors (Lipinski definition) is 5. The maximum Gasteiger partial charge on any atom is 0.230 e. The fourth-order valence-corrected chi connectivity index (χ4v) is 5.29. The second-order valence-corrected chi connectivity index (χ2v) is 8.14. The van der Waals surface area contributed by atoms with Crippen LogP contribution in [0.2, 0.25) is 0 Å². The predicted molar refractivity (Wildman–Crippen MR) is 98.4 cm³/mol. The number of anilines is 1. The maximum atomic E-state index is 12.7. The van der Waals surface area contributed by atoms with Crippen LogP contribution in [0.15, 0.2) is 29.6 Å². The number of aromatic nitrogens is 1. The lowest BCUT2D eigenvalue weighted by Crippen LogP contribution is -2.43. The lowest BCUT2D eigenvalue weighted by Gasteiger charge is -2.30. The Morgan fingerprint density at radius 3 is 2.54 bits per heavy atom. The molecule has 1 aromatic carbocycles. The number of aliphatic carboxylic acids is 1. The largest absolute Gasteiger partial charge is 0.550 e. The van der Waals surface area contributed by atoms with E-state index >= 15 is 0 Å². The molecule has 2 aromatic rings. The zero-order valence-corrected chi connectivity index (χ0v) is 15.4. The highest BCUT2D eigenvalue weighted by Gasteiger charge is 2.51. The average molecular weight is 369 g/mol. The lowest BCUT2D eigenvalue weighted by atomic mass is 9.79. The summed E-state index contributed by atoms with van der Waals surface area (Å²) < 4.78 is 0. The Morgan fingerprint density at radius 1 is 1.19 bits per heavy atom. The Morgan fingerprint density at radius 2 is 1.88 bits per heavy atom. The molecule has 4 atom stereocenters. The number of rotatable bonds is 5.